The summed E-state index contributed by atoms with van der Waals surface area (Å²) in [7, 11) is 0. The van der Waals surface area contributed by atoms with Crippen LogP contribution in [0.5, 0.6) is 0 Å². The van der Waals surface area contributed by atoms with Crippen LogP contribution in [0.3, 0.4) is 0 Å². The summed E-state index contributed by atoms with van der Waals surface area (Å²) in [6, 6.07) is 22.6. The first-order valence-electron chi connectivity index (χ1n) is 14.1. The second-order valence-corrected chi connectivity index (χ2v) is 12.1. The number of nitrogens with one attached hydrogen (secondary N) is 1. The molecule has 3 aromatic carbocycles. The molecule has 3 aromatic rings. The number of carbonyl (C=O) groups is 2. The number of para-hydroxylation sites is 1. The average molecular weight is 557 g/mol. The fraction of sp³-hybridized carbons (Fsp3) is 0.375. The Labute approximate surface area is 239 Å². The molecule has 1 N–H and O–H groups in total. The predicted octanol–water partition coefficient (Wildman–Crippen LogP) is 5.35. The third-order valence-corrected chi connectivity index (χ3v) is 9.03. The van der Waals surface area contributed by atoms with Gasteiger partial charge >= 0.3 is 0 Å². The van der Waals surface area contributed by atoms with Crippen LogP contribution in [0.1, 0.15) is 47.3 Å². The Hall–Kier alpha value is -3.39. The molecule has 3 heterocycles. The SMILES string of the molecule is CC1(C(=O)Nc2ccc(N3CCN(C4c5ccccc5C(=O)N(C5CC5)c5ccccc54)CC3)c(Cl)c2)COC1. The number of carbonyl (C=O) groups excluding carboxylic acids is 2. The quantitative estimate of drug-likeness (QED) is 0.459. The summed E-state index contributed by atoms with van der Waals surface area (Å²) in [6.07, 6.45) is 2.12. The first-order chi connectivity index (χ1) is 19.4. The van der Waals surface area contributed by atoms with Gasteiger partial charge in [0.1, 0.15) is 0 Å². The minimum Gasteiger partial charge on any atom is -0.379 e. The van der Waals surface area contributed by atoms with Gasteiger partial charge in [-0.15, -0.1) is 0 Å². The van der Waals surface area contributed by atoms with Crippen molar-refractivity contribution in [1.82, 2.24) is 4.90 Å². The summed E-state index contributed by atoms with van der Waals surface area (Å²) < 4.78 is 5.22. The molecule has 2 amide bonds. The molecule has 1 atom stereocenters. The van der Waals surface area contributed by atoms with Gasteiger partial charge in [-0.05, 0) is 61.2 Å². The fourth-order valence-corrected chi connectivity index (χ4v) is 6.55. The van der Waals surface area contributed by atoms with Gasteiger partial charge in [0, 0.05) is 49.2 Å². The Morgan fingerprint density at radius 1 is 0.925 bits per heavy atom. The lowest BCUT2D eigenvalue weighted by atomic mass is 9.87. The van der Waals surface area contributed by atoms with E-state index in [-0.39, 0.29) is 23.9 Å². The lowest BCUT2D eigenvalue weighted by Gasteiger charge is -2.41. The molecular formula is C32H33ClN4O3. The zero-order chi connectivity index (χ0) is 27.4. The van der Waals surface area contributed by atoms with Crippen molar-refractivity contribution in [3.8, 4) is 0 Å². The molecule has 1 saturated carbocycles. The summed E-state index contributed by atoms with van der Waals surface area (Å²) in [5.41, 5.74) is 5.32. The van der Waals surface area contributed by atoms with Crippen LogP contribution in [-0.2, 0) is 9.53 Å². The van der Waals surface area contributed by atoms with E-state index in [0.717, 1.165) is 61.5 Å². The van der Waals surface area contributed by atoms with Gasteiger partial charge in [-0.1, -0.05) is 48.0 Å². The zero-order valence-electron chi connectivity index (χ0n) is 22.6. The van der Waals surface area contributed by atoms with E-state index >= 15 is 0 Å². The van der Waals surface area contributed by atoms with E-state index in [9.17, 15) is 9.59 Å². The summed E-state index contributed by atoms with van der Waals surface area (Å²) in [4.78, 5) is 33.3. The Bertz CT molecular complexity index is 1480. The highest BCUT2D eigenvalue weighted by atomic mass is 35.5. The molecule has 0 radical (unpaired) electrons. The van der Waals surface area contributed by atoms with Crippen LogP contribution in [0.2, 0.25) is 5.02 Å². The topological polar surface area (TPSA) is 65.1 Å². The van der Waals surface area contributed by atoms with Crippen molar-refractivity contribution < 1.29 is 14.3 Å². The number of hydrogen-bond donors (Lipinski definition) is 1. The normalized spacial score (nSPS) is 22.1. The van der Waals surface area contributed by atoms with Crippen LogP contribution in [0.4, 0.5) is 17.1 Å². The molecule has 7 nitrogen and oxygen atoms in total. The molecular weight excluding hydrogens is 524 g/mol. The largest absolute Gasteiger partial charge is 0.379 e. The summed E-state index contributed by atoms with van der Waals surface area (Å²) in [5.74, 6) is 0.0725. The molecule has 0 bridgehead atoms. The van der Waals surface area contributed by atoms with Gasteiger partial charge in [0.05, 0.1) is 35.4 Å². The number of hydrogen-bond acceptors (Lipinski definition) is 5. The average Bonchev–Trinajstić information content (AvgIpc) is 3.79. The molecule has 1 aliphatic carbocycles. The molecule has 3 aliphatic heterocycles. The minimum absolute atomic E-state index is 0.00663. The zero-order valence-corrected chi connectivity index (χ0v) is 23.4. The van der Waals surface area contributed by atoms with Gasteiger partial charge in [0.25, 0.3) is 5.91 Å². The number of halogens is 1. The Kier molecular flexibility index (Phi) is 6.33. The predicted molar refractivity (Wildman–Crippen MR) is 157 cm³/mol. The first-order valence-corrected chi connectivity index (χ1v) is 14.5. The molecule has 7 rings (SSSR count). The molecule has 2 saturated heterocycles. The fourth-order valence-electron chi connectivity index (χ4n) is 6.25. The number of anilines is 3. The Morgan fingerprint density at radius 3 is 2.30 bits per heavy atom. The van der Waals surface area contributed by atoms with Crippen molar-refractivity contribution in [2.45, 2.75) is 31.8 Å². The van der Waals surface area contributed by atoms with Gasteiger partial charge in [-0.25, -0.2) is 0 Å². The first kappa shape index (κ1) is 25.6. The second kappa shape index (κ2) is 9.91. The standard InChI is InChI=1S/C32H33ClN4O3/c1-32(19-40-20-32)31(39)34-21-10-13-28(26(33)18-21)35-14-16-36(17-15-35)29-23-6-2-3-7-24(23)30(38)37(22-11-12-22)27-9-5-4-8-25(27)29/h2-10,13,18,22,29H,11-12,14-17,19-20H2,1H3,(H,34,39). The van der Waals surface area contributed by atoms with Crippen LogP contribution in [0, 0.1) is 5.41 Å². The van der Waals surface area contributed by atoms with Crippen LogP contribution in [0.15, 0.2) is 66.7 Å². The van der Waals surface area contributed by atoms with Crippen LogP contribution in [-0.4, -0.2) is 62.1 Å². The Balaban J connectivity index is 1.12. The van der Waals surface area contributed by atoms with Gasteiger partial charge in [-0.3, -0.25) is 14.5 Å². The van der Waals surface area contributed by atoms with E-state index in [1.165, 1.54) is 5.56 Å². The minimum atomic E-state index is -0.475. The van der Waals surface area contributed by atoms with E-state index < -0.39 is 5.41 Å². The summed E-state index contributed by atoms with van der Waals surface area (Å²) >= 11 is 6.74. The third-order valence-electron chi connectivity index (χ3n) is 8.72. The van der Waals surface area contributed by atoms with Crippen LogP contribution < -0.4 is 15.1 Å². The lowest BCUT2D eigenvalue weighted by Crippen LogP contribution is -2.49. The van der Waals surface area contributed by atoms with Crippen molar-refractivity contribution >= 4 is 40.5 Å². The molecule has 3 fully saturated rings. The number of ether oxygens (including phenoxy) is 1. The molecule has 4 aliphatic rings. The monoisotopic (exact) mass is 556 g/mol. The number of piperazine rings is 1. The number of benzene rings is 3. The summed E-state index contributed by atoms with van der Waals surface area (Å²) in [6.45, 7) is 6.07. The van der Waals surface area contributed by atoms with Gasteiger partial charge < -0.3 is 19.9 Å². The van der Waals surface area contributed by atoms with Gasteiger partial charge in [0.2, 0.25) is 5.91 Å². The van der Waals surface area contributed by atoms with Crippen molar-refractivity contribution in [2.24, 2.45) is 5.41 Å². The number of amides is 2. The maximum Gasteiger partial charge on any atom is 0.258 e. The maximum atomic E-state index is 13.8. The van der Waals surface area contributed by atoms with E-state index in [2.05, 4.69) is 39.4 Å². The second-order valence-electron chi connectivity index (χ2n) is 11.7. The molecule has 206 valence electrons. The highest BCUT2D eigenvalue weighted by Crippen LogP contribution is 2.45. The lowest BCUT2D eigenvalue weighted by molar-refractivity contribution is -0.151. The maximum absolute atomic E-state index is 13.8. The molecule has 0 spiro atoms. The summed E-state index contributed by atoms with van der Waals surface area (Å²) in [5, 5.41) is 3.61. The Morgan fingerprint density at radius 2 is 1.62 bits per heavy atom. The van der Waals surface area contributed by atoms with E-state index in [0.29, 0.717) is 23.9 Å². The number of nitrogens with zero attached hydrogens (tertiary/aromatic N) is 3. The highest BCUT2D eigenvalue weighted by molar-refractivity contribution is 6.33. The van der Waals surface area contributed by atoms with Crippen LogP contribution >= 0.6 is 11.6 Å². The van der Waals surface area contributed by atoms with Crippen molar-refractivity contribution in [1.29, 1.82) is 0 Å². The van der Waals surface area contributed by atoms with Gasteiger partial charge in [0.15, 0.2) is 0 Å². The smallest absolute Gasteiger partial charge is 0.258 e. The highest BCUT2D eigenvalue weighted by Gasteiger charge is 2.42. The molecule has 40 heavy (non-hydrogen) atoms. The van der Waals surface area contributed by atoms with Crippen LogP contribution in [0.25, 0.3) is 0 Å². The number of fused-ring (bicyclic) bond motifs is 2. The molecule has 1 unspecified atom stereocenters. The van der Waals surface area contributed by atoms with Crippen molar-refractivity contribution in [3.63, 3.8) is 0 Å². The van der Waals surface area contributed by atoms with Crippen molar-refractivity contribution in [2.75, 3.05) is 54.5 Å². The van der Waals surface area contributed by atoms with E-state index in [1.807, 2.05) is 54.3 Å². The third kappa shape index (κ3) is 4.37. The molecule has 8 heteroatoms. The van der Waals surface area contributed by atoms with E-state index in [1.54, 1.807) is 0 Å². The van der Waals surface area contributed by atoms with Crippen molar-refractivity contribution in [3.05, 3.63) is 88.4 Å². The molecule has 0 aromatic heterocycles. The van der Waals surface area contributed by atoms with Gasteiger partial charge in [-0.2, -0.15) is 0 Å². The number of rotatable bonds is 5. The van der Waals surface area contributed by atoms with E-state index in [4.69, 9.17) is 16.3 Å².